The van der Waals surface area contributed by atoms with E-state index in [9.17, 15) is 8.42 Å². The average molecular weight is 313 g/mol. The molecule has 0 aromatic heterocycles. The lowest BCUT2D eigenvalue weighted by Gasteiger charge is -2.14. The van der Waals surface area contributed by atoms with Gasteiger partial charge in [-0.1, -0.05) is 19.1 Å². The van der Waals surface area contributed by atoms with Gasteiger partial charge in [0.1, 0.15) is 0 Å². The first kappa shape index (κ1) is 18.1. The van der Waals surface area contributed by atoms with E-state index in [1.807, 2.05) is 32.0 Å². The van der Waals surface area contributed by atoms with Crippen LogP contribution >= 0.6 is 0 Å². The summed E-state index contributed by atoms with van der Waals surface area (Å²) in [5.74, 6) is 0. The van der Waals surface area contributed by atoms with Crippen LogP contribution in [-0.4, -0.2) is 47.0 Å². The first-order valence-corrected chi connectivity index (χ1v) is 8.80. The van der Waals surface area contributed by atoms with Crippen molar-refractivity contribution in [2.45, 2.75) is 31.7 Å². The number of benzene rings is 1. The Morgan fingerprint density at radius 2 is 1.90 bits per heavy atom. The number of hydrogen-bond donors (Lipinski definition) is 2. The molecule has 0 unspecified atom stereocenters. The average Bonchev–Trinajstić information content (AvgIpc) is 2.40. The van der Waals surface area contributed by atoms with Crippen LogP contribution < -0.4 is 10.0 Å². The topological polar surface area (TPSA) is 61.4 Å². The Bertz CT molecular complexity index is 542. The molecule has 0 amide bonds. The Morgan fingerprint density at radius 1 is 1.19 bits per heavy atom. The highest BCUT2D eigenvalue weighted by molar-refractivity contribution is 7.89. The molecule has 0 heterocycles. The maximum atomic E-state index is 12.4. The second-order valence-electron chi connectivity index (χ2n) is 5.42. The van der Waals surface area contributed by atoms with Gasteiger partial charge in [-0.15, -0.1) is 0 Å². The van der Waals surface area contributed by atoms with Gasteiger partial charge in [0.2, 0.25) is 10.0 Å². The molecule has 0 aliphatic carbocycles. The van der Waals surface area contributed by atoms with Crippen LogP contribution in [-0.2, 0) is 16.6 Å². The van der Waals surface area contributed by atoms with Crippen molar-refractivity contribution in [3.8, 4) is 0 Å². The van der Waals surface area contributed by atoms with E-state index < -0.39 is 10.0 Å². The standard InChI is InChI=1S/C15H27N3O2S/c1-5-9-16-12-14-7-6-8-15(13(14)2)21(19,20)17-10-11-18(3)4/h6-8,16-17H,5,9-12H2,1-4H3. The minimum absolute atomic E-state index is 0.372. The summed E-state index contributed by atoms with van der Waals surface area (Å²) in [6, 6.07) is 5.43. The predicted octanol–water partition coefficient (Wildman–Crippen LogP) is 1.33. The Labute approximate surface area is 128 Å². The summed E-state index contributed by atoms with van der Waals surface area (Å²) >= 11 is 0. The molecule has 21 heavy (non-hydrogen) atoms. The van der Waals surface area contributed by atoms with Crippen molar-refractivity contribution in [3.05, 3.63) is 29.3 Å². The zero-order valence-electron chi connectivity index (χ0n) is 13.4. The van der Waals surface area contributed by atoms with Gasteiger partial charge in [0.25, 0.3) is 0 Å². The van der Waals surface area contributed by atoms with Gasteiger partial charge in [0.15, 0.2) is 0 Å². The van der Waals surface area contributed by atoms with Gasteiger partial charge < -0.3 is 10.2 Å². The molecule has 0 bridgehead atoms. The van der Waals surface area contributed by atoms with Gasteiger partial charge >= 0.3 is 0 Å². The number of nitrogens with zero attached hydrogens (tertiary/aromatic N) is 1. The Morgan fingerprint density at radius 3 is 2.52 bits per heavy atom. The van der Waals surface area contributed by atoms with Gasteiger partial charge in [-0.25, -0.2) is 13.1 Å². The number of nitrogens with one attached hydrogen (secondary N) is 2. The number of rotatable bonds is 9. The van der Waals surface area contributed by atoms with Gasteiger partial charge in [-0.3, -0.25) is 0 Å². The fourth-order valence-corrected chi connectivity index (χ4v) is 3.33. The lowest BCUT2D eigenvalue weighted by Crippen LogP contribution is -2.32. The van der Waals surface area contributed by atoms with Crippen molar-refractivity contribution in [1.29, 1.82) is 0 Å². The Hall–Kier alpha value is -0.950. The molecule has 0 fully saturated rings. The van der Waals surface area contributed by atoms with Crippen molar-refractivity contribution < 1.29 is 8.42 Å². The fraction of sp³-hybridized carbons (Fsp3) is 0.600. The minimum Gasteiger partial charge on any atom is -0.313 e. The zero-order chi connectivity index (χ0) is 15.9. The molecule has 120 valence electrons. The van der Waals surface area contributed by atoms with Crippen LogP contribution in [0.1, 0.15) is 24.5 Å². The third kappa shape index (κ3) is 5.74. The van der Waals surface area contributed by atoms with Crippen LogP contribution in [0.5, 0.6) is 0 Å². The molecule has 1 aromatic carbocycles. The summed E-state index contributed by atoms with van der Waals surface area (Å²) in [6.45, 7) is 6.68. The van der Waals surface area contributed by atoms with Crippen LogP contribution in [0.2, 0.25) is 0 Å². The van der Waals surface area contributed by atoms with Crippen LogP contribution in [0.25, 0.3) is 0 Å². The van der Waals surface area contributed by atoms with E-state index >= 15 is 0 Å². The lowest BCUT2D eigenvalue weighted by molar-refractivity contribution is 0.412. The molecular formula is C15H27N3O2S. The molecule has 5 nitrogen and oxygen atoms in total. The maximum absolute atomic E-state index is 12.4. The van der Waals surface area contributed by atoms with Crippen molar-refractivity contribution in [1.82, 2.24) is 14.9 Å². The number of sulfonamides is 1. The fourth-order valence-electron chi connectivity index (χ4n) is 2.02. The SMILES string of the molecule is CCCNCc1cccc(S(=O)(=O)NCCN(C)C)c1C. The minimum atomic E-state index is -3.44. The van der Waals surface area contributed by atoms with Gasteiger partial charge in [0, 0.05) is 19.6 Å². The molecule has 0 saturated carbocycles. The van der Waals surface area contributed by atoms with Crippen molar-refractivity contribution in [2.24, 2.45) is 0 Å². The van der Waals surface area contributed by atoms with Crippen molar-refractivity contribution in [2.75, 3.05) is 33.7 Å². The quantitative estimate of drug-likeness (QED) is 0.675. The second-order valence-corrected chi connectivity index (χ2v) is 7.15. The van der Waals surface area contributed by atoms with E-state index in [2.05, 4.69) is 17.0 Å². The molecule has 0 spiro atoms. The van der Waals surface area contributed by atoms with Crippen LogP contribution in [0.3, 0.4) is 0 Å². The van der Waals surface area contributed by atoms with E-state index in [0.717, 1.165) is 24.1 Å². The first-order chi connectivity index (χ1) is 9.88. The predicted molar refractivity (Wildman–Crippen MR) is 86.9 cm³/mol. The van der Waals surface area contributed by atoms with Gasteiger partial charge in [-0.2, -0.15) is 0 Å². The summed E-state index contributed by atoms with van der Waals surface area (Å²) in [7, 11) is 0.388. The third-order valence-electron chi connectivity index (χ3n) is 3.28. The summed E-state index contributed by atoms with van der Waals surface area (Å²) in [5.41, 5.74) is 1.84. The first-order valence-electron chi connectivity index (χ1n) is 7.32. The molecule has 2 N–H and O–H groups in total. The third-order valence-corrected chi connectivity index (χ3v) is 4.88. The van der Waals surface area contributed by atoms with Crippen molar-refractivity contribution in [3.63, 3.8) is 0 Å². The lowest BCUT2D eigenvalue weighted by atomic mass is 10.1. The largest absolute Gasteiger partial charge is 0.313 e. The second kappa shape index (κ2) is 8.48. The Kier molecular flexibility index (Phi) is 7.31. The van der Waals surface area contributed by atoms with Gasteiger partial charge in [-0.05, 0) is 51.2 Å². The smallest absolute Gasteiger partial charge is 0.240 e. The van der Waals surface area contributed by atoms with E-state index in [-0.39, 0.29) is 0 Å². The molecule has 0 aliphatic heterocycles. The summed E-state index contributed by atoms with van der Waals surface area (Å²) < 4.78 is 27.4. The van der Waals surface area contributed by atoms with E-state index in [0.29, 0.717) is 24.5 Å². The summed E-state index contributed by atoms with van der Waals surface area (Å²) in [5, 5.41) is 3.31. The molecular weight excluding hydrogens is 286 g/mol. The molecule has 6 heteroatoms. The number of likely N-dealkylation sites (N-methyl/N-ethyl adjacent to an activating group) is 1. The molecule has 0 atom stereocenters. The highest BCUT2D eigenvalue weighted by Crippen LogP contribution is 2.18. The highest BCUT2D eigenvalue weighted by atomic mass is 32.2. The van der Waals surface area contributed by atoms with E-state index in [1.54, 1.807) is 12.1 Å². The molecule has 1 aromatic rings. The molecule has 1 rings (SSSR count). The normalized spacial score (nSPS) is 12.0. The van der Waals surface area contributed by atoms with E-state index in [1.165, 1.54) is 0 Å². The van der Waals surface area contributed by atoms with Crippen LogP contribution in [0.15, 0.2) is 23.1 Å². The molecule has 0 saturated heterocycles. The highest BCUT2D eigenvalue weighted by Gasteiger charge is 2.17. The van der Waals surface area contributed by atoms with Gasteiger partial charge in [0.05, 0.1) is 4.90 Å². The van der Waals surface area contributed by atoms with Crippen molar-refractivity contribution >= 4 is 10.0 Å². The van der Waals surface area contributed by atoms with Crippen LogP contribution in [0.4, 0.5) is 0 Å². The molecule has 0 aliphatic rings. The van der Waals surface area contributed by atoms with Crippen LogP contribution in [0, 0.1) is 6.92 Å². The zero-order valence-corrected chi connectivity index (χ0v) is 14.3. The van der Waals surface area contributed by atoms with E-state index in [4.69, 9.17) is 0 Å². The number of hydrogen-bond acceptors (Lipinski definition) is 4. The monoisotopic (exact) mass is 313 g/mol. The molecule has 0 radical (unpaired) electrons. The summed E-state index contributed by atoms with van der Waals surface area (Å²) in [4.78, 5) is 2.32. The summed E-state index contributed by atoms with van der Waals surface area (Å²) in [6.07, 6.45) is 1.06. The maximum Gasteiger partial charge on any atom is 0.240 e. The Balaban J connectivity index is 2.84.